The smallest absolute Gasteiger partial charge is 0.343 e. The van der Waals surface area contributed by atoms with E-state index in [-0.39, 0.29) is 46.7 Å². The van der Waals surface area contributed by atoms with Crippen LogP contribution in [0.2, 0.25) is 0 Å². The average molecular weight is 822 g/mol. The van der Waals surface area contributed by atoms with Crippen LogP contribution in [0.5, 0.6) is 5.75 Å². The largest absolute Gasteiger partial charge is 0.492 e. The van der Waals surface area contributed by atoms with Gasteiger partial charge in [-0.2, -0.15) is 0 Å². The minimum absolute atomic E-state index is 0.0372. The molecule has 59 heavy (non-hydrogen) atoms. The van der Waals surface area contributed by atoms with E-state index < -0.39 is 94.6 Å². The Kier molecular flexibility index (Phi) is 10.2. The summed E-state index contributed by atoms with van der Waals surface area (Å²) in [6.45, 7) is 7.49. The van der Waals surface area contributed by atoms with E-state index in [1.807, 2.05) is 11.8 Å². The van der Waals surface area contributed by atoms with Crippen molar-refractivity contribution in [1.29, 1.82) is 0 Å². The molecular weight excluding hydrogens is 768 g/mol. The van der Waals surface area contributed by atoms with Crippen molar-refractivity contribution in [1.82, 2.24) is 9.88 Å². The second-order valence-corrected chi connectivity index (χ2v) is 18.1. The van der Waals surface area contributed by atoms with Crippen molar-refractivity contribution in [2.45, 2.75) is 102 Å². The van der Waals surface area contributed by atoms with E-state index in [9.17, 15) is 34.2 Å². The summed E-state index contributed by atoms with van der Waals surface area (Å²) in [4.78, 5) is 67.9. The number of ketones is 2. The predicted octanol–water partition coefficient (Wildman–Crippen LogP) is 4.29. The van der Waals surface area contributed by atoms with Gasteiger partial charge >= 0.3 is 11.9 Å². The molecule has 3 N–H and O–H groups in total. The number of allylic oxidation sites excluding steroid dienone is 4. The molecule has 318 valence electrons. The van der Waals surface area contributed by atoms with Gasteiger partial charge in [-0.1, -0.05) is 25.5 Å². The number of nitrogens with one attached hydrogen (secondary N) is 1. The minimum atomic E-state index is -2.13. The van der Waals surface area contributed by atoms with Crippen molar-refractivity contribution < 1.29 is 52.4 Å². The fourth-order valence-corrected chi connectivity index (χ4v) is 11.6. The van der Waals surface area contributed by atoms with E-state index in [4.69, 9.17) is 14.2 Å². The van der Waals surface area contributed by atoms with Crippen LogP contribution < -0.4 is 20.4 Å². The van der Waals surface area contributed by atoms with Crippen LogP contribution in [0.4, 0.5) is 14.5 Å². The van der Waals surface area contributed by atoms with E-state index in [0.29, 0.717) is 50.0 Å². The van der Waals surface area contributed by atoms with Gasteiger partial charge in [0.2, 0.25) is 11.2 Å². The van der Waals surface area contributed by atoms with Gasteiger partial charge in [-0.25, -0.2) is 13.6 Å². The summed E-state index contributed by atoms with van der Waals surface area (Å²) >= 11 is 0. The van der Waals surface area contributed by atoms with Gasteiger partial charge in [0.15, 0.2) is 29.6 Å². The molecule has 1 saturated heterocycles. The Labute approximate surface area is 340 Å². The molecule has 0 spiro atoms. The summed E-state index contributed by atoms with van der Waals surface area (Å²) in [5.41, 5.74) is -6.48. The summed E-state index contributed by atoms with van der Waals surface area (Å²) in [5, 5.41) is 27.1. The van der Waals surface area contributed by atoms with E-state index in [1.165, 1.54) is 25.5 Å². The second kappa shape index (κ2) is 14.6. The van der Waals surface area contributed by atoms with Gasteiger partial charge in [0.05, 0.1) is 30.5 Å². The maximum atomic E-state index is 17.5. The number of esters is 2. The fourth-order valence-electron chi connectivity index (χ4n) is 11.6. The number of hydrogen-bond donors (Lipinski definition) is 3. The van der Waals surface area contributed by atoms with Gasteiger partial charge in [0, 0.05) is 54.7 Å². The Morgan fingerprint density at radius 2 is 1.83 bits per heavy atom. The van der Waals surface area contributed by atoms with Gasteiger partial charge < -0.3 is 39.2 Å². The van der Waals surface area contributed by atoms with E-state index in [2.05, 4.69) is 5.32 Å². The number of methoxy groups -OCH3 is 1. The number of nitrogens with zero attached hydrogens (tertiary/aromatic N) is 2. The third-order valence-corrected chi connectivity index (χ3v) is 14.8. The number of fused-ring (bicyclic) bond motifs is 6. The van der Waals surface area contributed by atoms with Crippen LogP contribution in [0.25, 0.3) is 10.9 Å². The molecule has 0 amide bonds. The number of ether oxygens (including phenoxy) is 3. The average Bonchev–Trinajstić information content (AvgIpc) is 4.02. The zero-order chi connectivity index (χ0) is 42.4. The van der Waals surface area contributed by atoms with Crippen molar-refractivity contribution in [3.05, 3.63) is 57.7 Å². The standard InChI is InChI=1S/C44H53F2N3O10/c1-23-16-31-30-9-6-25-17-27(50)10-12-41(25,3)43(30,46)33(51)19-42(31,4)44(23,56)34(52)22-59-35(53)11-15-58-40(55)29-21-49(26-7-8-26)36-28(38(29)54)18-32(45)37(39(36)57-5)48-14-13-47-24(2)20-48/h10,12,17-18,21,23-24,26,30-31,33,47,51,56H,6-9,11,13-16,19-20,22H2,1-5H3/t23-,24?,30?,31?,33+,41+,42+,43+,44+/m1/s1. The first-order chi connectivity index (χ1) is 27.9. The molecule has 6 aliphatic rings. The molecule has 0 bridgehead atoms. The molecule has 5 fully saturated rings. The normalized spacial score (nSPS) is 35.1. The van der Waals surface area contributed by atoms with E-state index in [1.54, 1.807) is 31.4 Å². The van der Waals surface area contributed by atoms with Crippen LogP contribution in [0.3, 0.4) is 0 Å². The number of piperazine rings is 1. The SMILES string of the molecule is COc1c(N2CCNC(C)C2)c(F)cc2c(=O)c(C(=O)OCCC(=O)OCC(=O)[C@@]3(O)[C@H](C)CC4C5CCC6=CC(=O)C=C[C@]6(C)[C@@]5(F)[C@@H](O)C[C@@]43C)cn(C3CC3)c12. The van der Waals surface area contributed by atoms with Crippen molar-refractivity contribution in [3.63, 3.8) is 0 Å². The van der Waals surface area contributed by atoms with Crippen molar-refractivity contribution in [2.24, 2.45) is 28.6 Å². The number of rotatable bonds is 10. The first kappa shape index (κ1) is 41.3. The van der Waals surface area contributed by atoms with Gasteiger partial charge in [0.1, 0.15) is 23.5 Å². The van der Waals surface area contributed by atoms with Crippen LogP contribution in [0.1, 0.15) is 89.0 Å². The highest BCUT2D eigenvalue weighted by atomic mass is 19.1. The molecular formula is C44H53F2N3O10. The summed E-state index contributed by atoms with van der Waals surface area (Å²) < 4.78 is 51.5. The third kappa shape index (κ3) is 6.19. The van der Waals surface area contributed by atoms with Crippen molar-refractivity contribution in [2.75, 3.05) is 44.9 Å². The molecule has 1 aromatic carbocycles. The number of Topliss-reactive ketones (excluding diaryl/α,β-unsaturated/α-hetero) is 1. The number of hydrogen-bond acceptors (Lipinski definition) is 12. The zero-order valence-electron chi connectivity index (χ0n) is 34.1. The van der Waals surface area contributed by atoms with Crippen molar-refractivity contribution in [3.8, 4) is 5.75 Å². The molecule has 2 heterocycles. The number of aliphatic hydroxyl groups excluding tert-OH is 1. The number of halogens is 2. The number of aliphatic hydroxyl groups is 2. The number of anilines is 1. The fraction of sp³-hybridized carbons (Fsp3) is 0.614. The number of pyridine rings is 1. The Balaban J connectivity index is 0.935. The first-order valence-electron chi connectivity index (χ1n) is 20.7. The summed E-state index contributed by atoms with van der Waals surface area (Å²) in [5.74, 6) is -5.23. The maximum absolute atomic E-state index is 17.5. The summed E-state index contributed by atoms with van der Waals surface area (Å²) in [7, 11) is 1.42. The van der Waals surface area contributed by atoms with Gasteiger partial charge in [-0.05, 0) is 82.4 Å². The summed E-state index contributed by atoms with van der Waals surface area (Å²) in [6.07, 6.45) is 6.10. The molecule has 0 radical (unpaired) electrons. The lowest BCUT2D eigenvalue weighted by molar-refractivity contribution is -0.220. The monoisotopic (exact) mass is 821 g/mol. The number of benzene rings is 1. The second-order valence-electron chi connectivity index (χ2n) is 18.1. The Bertz CT molecular complexity index is 2250. The van der Waals surface area contributed by atoms with Crippen LogP contribution in [0.15, 0.2) is 40.9 Å². The number of alkyl halides is 1. The minimum Gasteiger partial charge on any atom is -0.492 e. The Morgan fingerprint density at radius 1 is 1.08 bits per heavy atom. The lowest BCUT2D eigenvalue weighted by atomic mass is 9.44. The molecule has 3 unspecified atom stereocenters. The molecule has 15 heteroatoms. The number of carbonyl (C=O) groups is 4. The van der Waals surface area contributed by atoms with Gasteiger partial charge in [-0.3, -0.25) is 19.2 Å². The first-order valence-corrected chi connectivity index (χ1v) is 20.7. The topological polar surface area (TPSA) is 174 Å². The predicted molar refractivity (Wildman–Crippen MR) is 211 cm³/mol. The van der Waals surface area contributed by atoms with E-state index in [0.717, 1.165) is 18.9 Å². The van der Waals surface area contributed by atoms with Gasteiger partial charge in [-0.15, -0.1) is 0 Å². The zero-order valence-corrected chi connectivity index (χ0v) is 34.1. The number of carbonyl (C=O) groups excluding carboxylic acids is 4. The van der Waals surface area contributed by atoms with Crippen LogP contribution in [-0.4, -0.2) is 102 Å². The third-order valence-electron chi connectivity index (χ3n) is 14.8. The van der Waals surface area contributed by atoms with Crippen LogP contribution in [-0.2, 0) is 23.9 Å². The highest BCUT2D eigenvalue weighted by Crippen LogP contribution is 2.70. The van der Waals surface area contributed by atoms with Crippen LogP contribution in [0, 0.1) is 34.4 Å². The number of aromatic nitrogens is 1. The molecule has 8 rings (SSSR count). The highest BCUT2D eigenvalue weighted by molar-refractivity contribution is 6.01. The Morgan fingerprint density at radius 3 is 2.53 bits per heavy atom. The van der Waals surface area contributed by atoms with Gasteiger partial charge in [0.25, 0.3) is 0 Å². The van der Waals surface area contributed by atoms with Crippen molar-refractivity contribution >= 4 is 40.1 Å². The quantitative estimate of drug-likeness (QED) is 0.291. The lowest BCUT2D eigenvalue weighted by Gasteiger charge is -2.62. The molecule has 13 nitrogen and oxygen atoms in total. The highest BCUT2D eigenvalue weighted by Gasteiger charge is 2.75. The lowest BCUT2D eigenvalue weighted by Crippen LogP contribution is -2.69. The molecule has 9 atom stereocenters. The maximum Gasteiger partial charge on any atom is 0.343 e. The van der Waals surface area contributed by atoms with E-state index >= 15 is 8.78 Å². The molecule has 2 aromatic rings. The molecule has 4 saturated carbocycles. The molecule has 5 aliphatic carbocycles. The molecule has 1 aliphatic heterocycles. The Hall–Kier alpha value is -4.47. The summed E-state index contributed by atoms with van der Waals surface area (Å²) in [6, 6.07) is 1.19. The molecule has 1 aromatic heterocycles. The van der Waals surface area contributed by atoms with Crippen LogP contribution >= 0.6 is 0 Å².